The third-order valence-corrected chi connectivity index (χ3v) is 10.5. The van der Waals surface area contributed by atoms with Gasteiger partial charge >= 0.3 is 0 Å². The second kappa shape index (κ2) is 13.4. The molecule has 0 fully saturated rings. The molecule has 10 aromatic rings. The third kappa shape index (κ3) is 5.53. The molecule has 2 nitrogen and oxygen atoms in total. The average molecular weight is 690 g/mol. The summed E-state index contributed by atoms with van der Waals surface area (Å²) in [5, 5.41) is 4.68. The van der Waals surface area contributed by atoms with Gasteiger partial charge in [0.15, 0.2) is 5.58 Å². The van der Waals surface area contributed by atoms with Crippen molar-refractivity contribution >= 4 is 49.8 Å². The van der Waals surface area contributed by atoms with Crippen LogP contribution in [0.3, 0.4) is 0 Å². The summed E-state index contributed by atoms with van der Waals surface area (Å²) < 4.78 is 6.74. The molecule has 0 N–H and O–H groups in total. The van der Waals surface area contributed by atoms with E-state index in [4.69, 9.17) is 4.42 Å². The number of benzene rings is 9. The van der Waals surface area contributed by atoms with E-state index in [0.717, 1.165) is 61.3 Å². The molecular weight excluding hydrogens is 655 g/mol. The largest absolute Gasteiger partial charge is 0.454 e. The minimum Gasteiger partial charge on any atom is -0.454 e. The van der Waals surface area contributed by atoms with Crippen molar-refractivity contribution in [2.75, 3.05) is 4.90 Å². The van der Waals surface area contributed by atoms with Gasteiger partial charge in [-0.25, -0.2) is 0 Å². The summed E-state index contributed by atoms with van der Waals surface area (Å²) in [6.07, 6.45) is 0. The predicted molar refractivity (Wildman–Crippen MR) is 228 cm³/mol. The second-order valence-corrected chi connectivity index (χ2v) is 13.7. The molecule has 1 aromatic heterocycles. The first-order valence-electron chi connectivity index (χ1n) is 18.4. The Balaban J connectivity index is 1.22. The van der Waals surface area contributed by atoms with E-state index in [0.29, 0.717) is 0 Å². The van der Waals surface area contributed by atoms with Crippen molar-refractivity contribution in [3.05, 3.63) is 212 Å². The molecule has 0 radical (unpaired) electrons. The maximum atomic E-state index is 6.74. The van der Waals surface area contributed by atoms with Crippen molar-refractivity contribution in [1.82, 2.24) is 0 Å². The van der Waals surface area contributed by atoms with E-state index in [1.165, 1.54) is 33.0 Å². The van der Waals surface area contributed by atoms with Crippen LogP contribution in [0.2, 0.25) is 0 Å². The molecule has 10 rings (SSSR count). The molecule has 0 aliphatic carbocycles. The third-order valence-electron chi connectivity index (χ3n) is 10.5. The van der Waals surface area contributed by atoms with Crippen LogP contribution in [0.1, 0.15) is 0 Å². The normalized spacial score (nSPS) is 11.3. The number of rotatable bonds is 7. The van der Waals surface area contributed by atoms with Gasteiger partial charge in [-0.1, -0.05) is 176 Å². The van der Waals surface area contributed by atoms with Crippen molar-refractivity contribution in [2.45, 2.75) is 0 Å². The van der Waals surface area contributed by atoms with Gasteiger partial charge < -0.3 is 9.32 Å². The van der Waals surface area contributed by atoms with E-state index in [9.17, 15) is 0 Å². The minimum atomic E-state index is 0.853. The summed E-state index contributed by atoms with van der Waals surface area (Å²) in [5.74, 6) is 0. The van der Waals surface area contributed by atoms with Gasteiger partial charge in [-0.05, 0) is 86.1 Å². The van der Waals surface area contributed by atoms with E-state index in [1.54, 1.807) is 0 Å². The van der Waals surface area contributed by atoms with Crippen LogP contribution in [-0.4, -0.2) is 0 Å². The zero-order valence-electron chi connectivity index (χ0n) is 29.6. The highest BCUT2D eigenvalue weighted by Crippen LogP contribution is 2.47. The Morgan fingerprint density at radius 3 is 1.70 bits per heavy atom. The number of para-hydroxylation sites is 3. The smallest absolute Gasteiger partial charge is 0.159 e. The molecule has 0 aliphatic heterocycles. The summed E-state index contributed by atoms with van der Waals surface area (Å²) in [4.78, 5) is 2.38. The highest BCUT2D eigenvalue weighted by atomic mass is 16.3. The lowest BCUT2D eigenvalue weighted by atomic mass is 9.93. The van der Waals surface area contributed by atoms with E-state index < -0.39 is 0 Å². The lowest BCUT2D eigenvalue weighted by molar-refractivity contribution is 0.669. The zero-order chi connectivity index (χ0) is 35.8. The number of nitrogens with zero attached hydrogens (tertiary/aromatic N) is 1. The van der Waals surface area contributed by atoms with Gasteiger partial charge in [0.2, 0.25) is 0 Å². The first-order valence-corrected chi connectivity index (χ1v) is 18.4. The maximum absolute atomic E-state index is 6.74. The summed E-state index contributed by atoms with van der Waals surface area (Å²) in [6.45, 7) is 0. The molecule has 1 heterocycles. The van der Waals surface area contributed by atoms with Crippen LogP contribution in [0.25, 0.3) is 77.2 Å². The molecule has 0 atom stereocenters. The average Bonchev–Trinajstić information content (AvgIpc) is 3.64. The first-order chi connectivity index (χ1) is 26.8. The van der Waals surface area contributed by atoms with Crippen molar-refractivity contribution in [1.29, 1.82) is 0 Å². The van der Waals surface area contributed by atoms with Gasteiger partial charge in [0.1, 0.15) is 5.58 Å². The molecule has 0 saturated carbocycles. The van der Waals surface area contributed by atoms with E-state index >= 15 is 0 Å². The van der Waals surface area contributed by atoms with Crippen molar-refractivity contribution in [2.24, 2.45) is 0 Å². The Morgan fingerprint density at radius 1 is 0.315 bits per heavy atom. The lowest BCUT2D eigenvalue weighted by Gasteiger charge is -2.29. The van der Waals surface area contributed by atoms with Gasteiger partial charge in [-0.2, -0.15) is 0 Å². The monoisotopic (exact) mass is 689 g/mol. The van der Waals surface area contributed by atoms with Crippen LogP contribution >= 0.6 is 0 Å². The Labute approximate surface area is 314 Å². The number of hydrogen-bond donors (Lipinski definition) is 0. The molecule has 0 amide bonds. The summed E-state index contributed by atoms with van der Waals surface area (Å²) in [5.41, 5.74) is 14.2. The molecule has 0 unspecified atom stereocenters. The molecule has 0 aliphatic rings. The maximum Gasteiger partial charge on any atom is 0.159 e. The standard InChI is InChI=1S/C52H35NO/c1-3-16-36(17-4-1)44-33-32-41(35-48(44)38-18-5-2-6-19-38)53(50-30-15-28-47-46-26-10-12-31-51(46)54-52(47)50)49-29-11-9-25-45(49)40-23-13-22-39(34-40)43-27-14-21-37-20-7-8-24-42(37)43/h1-35H. The first kappa shape index (κ1) is 31.6. The molecule has 0 spiro atoms. The fourth-order valence-electron chi connectivity index (χ4n) is 7.96. The quantitative estimate of drug-likeness (QED) is 0.166. The van der Waals surface area contributed by atoms with Gasteiger partial charge in [0.25, 0.3) is 0 Å². The van der Waals surface area contributed by atoms with E-state index in [2.05, 4.69) is 211 Å². The lowest BCUT2D eigenvalue weighted by Crippen LogP contribution is -2.12. The highest BCUT2D eigenvalue weighted by molar-refractivity contribution is 6.11. The molecule has 254 valence electrons. The number of hydrogen-bond acceptors (Lipinski definition) is 2. The zero-order valence-corrected chi connectivity index (χ0v) is 29.6. The van der Waals surface area contributed by atoms with Gasteiger partial charge in [0.05, 0.1) is 11.4 Å². The van der Waals surface area contributed by atoms with Crippen LogP contribution in [0.4, 0.5) is 17.1 Å². The van der Waals surface area contributed by atoms with E-state index in [-0.39, 0.29) is 0 Å². The van der Waals surface area contributed by atoms with Crippen LogP contribution < -0.4 is 4.90 Å². The Kier molecular flexibility index (Phi) is 7.85. The predicted octanol–water partition coefficient (Wildman–Crippen LogP) is 14.9. The van der Waals surface area contributed by atoms with Crippen LogP contribution in [0.15, 0.2) is 217 Å². The Hall–Kier alpha value is -7.16. The van der Waals surface area contributed by atoms with Gasteiger partial charge in [0, 0.05) is 22.0 Å². The SMILES string of the molecule is c1ccc(-c2ccc(N(c3ccccc3-c3cccc(-c4cccc5ccccc45)c3)c3cccc4c3oc3ccccc34)cc2-c2ccccc2)cc1. The number of anilines is 3. The van der Waals surface area contributed by atoms with Crippen LogP contribution in [0, 0.1) is 0 Å². The molecule has 54 heavy (non-hydrogen) atoms. The molecule has 2 heteroatoms. The summed E-state index contributed by atoms with van der Waals surface area (Å²) in [7, 11) is 0. The summed E-state index contributed by atoms with van der Waals surface area (Å²) >= 11 is 0. The van der Waals surface area contributed by atoms with Gasteiger partial charge in [-0.15, -0.1) is 0 Å². The summed E-state index contributed by atoms with van der Waals surface area (Å²) in [6, 6.07) is 75.9. The number of fused-ring (bicyclic) bond motifs is 4. The molecular formula is C52H35NO. The molecule has 9 aromatic carbocycles. The van der Waals surface area contributed by atoms with Crippen LogP contribution in [0.5, 0.6) is 0 Å². The molecule has 0 bridgehead atoms. The van der Waals surface area contributed by atoms with Gasteiger partial charge in [-0.3, -0.25) is 0 Å². The highest BCUT2D eigenvalue weighted by Gasteiger charge is 2.23. The second-order valence-electron chi connectivity index (χ2n) is 13.7. The Bertz CT molecular complexity index is 2940. The van der Waals surface area contributed by atoms with E-state index in [1.807, 2.05) is 6.07 Å². The van der Waals surface area contributed by atoms with Crippen molar-refractivity contribution in [3.8, 4) is 44.5 Å². The number of furan rings is 1. The van der Waals surface area contributed by atoms with Crippen LogP contribution in [-0.2, 0) is 0 Å². The van der Waals surface area contributed by atoms with Crippen molar-refractivity contribution < 1.29 is 4.42 Å². The fourth-order valence-corrected chi connectivity index (χ4v) is 7.96. The molecule has 0 saturated heterocycles. The fraction of sp³-hybridized carbons (Fsp3) is 0. The minimum absolute atomic E-state index is 0.853. The van der Waals surface area contributed by atoms with Crippen molar-refractivity contribution in [3.63, 3.8) is 0 Å². The Morgan fingerprint density at radius 2 is 0.870 bits per heavy atom. The topological polar surface area (TPSA) is 16.4 Å².